The van der Waals surface area contributed by atoms with E-state index in [0.29, 0.717) is 0 Å². The first-order valence-electron chi connectivity index (χ1n) is 19.0. The molecule has 0 radical (unpaired) electrons. The number of hydrogen-bond acceptors (Lipinski definition) is 17. The number of aliphatic hydroxyl groups excluding tert-OH is 1. The van der Waals surface area contributed by atoms with E-state index in [4.69, 9.17) is 28.0 Å². The molecule has 0 fully saturated rings. The Labute approximate surface area is 372 Å². The fourth-order valence-corrected chi connectivity index (χ4v) is 5.46. The minimum absolute atomic E-state index is 0.477. The van der Waals surface area contributed by atoms with Crippen LogP contribution in [0.1, 0.15) is 64.7 Å². The van der Waals surface area contributed by atoms with Gasteiger partial charge in [-0.05, 0) is 26.2 Å². The lowest BCUT2D eigenvalue weighted by Gasteiger charge is -2.28. The van der Waals surface area contributed by atoms with Crippen molar-refractivity contribution in [2.24, 2.45) is 22.9 Å². The third kappa shape index (κ3) is 23.2. The largest absolute Gasteiger partial charge is 0.481 e. The number of aliphatic carboxylic acids is 4. The van der Waals surface area contributed by atoms with Crippen molar-refractivity contribution in [3.05, 3.63) is 0 Å². The average Bonchev–Trinajstić information content (AvgIpc) is 3.18. The fourth-order valence-electron chi connectivity index (χ4n) is 5.20. The number of rotatable bonds is 32. The lowest BCUT2D eigenvalue weighted by atomic mass is 10.1. The van der Waals surface area contributed by atoms with Gasteiger partial charge in [-0.2, -0.15) is 12.6 Å². The van der Waals surface area contributed by atoms with Gasteiger partial charge in [-0.1, -0.05) is 0 Å². The zero-order valence-corrected chi connectivity index (χ0v) is 35.4. The summed E-state index contributed by atoms with van der Waals surface area (Å²) in [4.78, 5) is 172. The Kier molecular flexibility index (Phi) is 25.4. The van der Waals surface area contributed by atoms with E-state index < -0.39 is 201 Å². The van der Waals surface area contributed by atoms with E-state index in [-0.39, 0.29) is 0 Å². The highest BCUT2D eigenvalue weighted by Crippen LogP contribution is 2.08. The molecule has 9 unspecified atom stereocenters. The third-order valence-electron chi connectivity index (χ3n) is 8.54. The number of carbonyl (C=O) groups excluding carboxylic acids is 10. The highest BCUT2D eigenvalue weighted by Gasteiger charge is 2.36. The maximum Gasteiger partial charge on any atom is 0.326 e. The molecule has 0 aliphatic heterocycles. The fraction of sp³-hybridized carbons (Fsp3) is 0.588. The molecule has 31 heteroatoms. The lowest BCUT2D eigenvalue weighted by molar-refractivity contribution is -0.143. The molecule has 9 atom stereocenters. The maximum atomic E-state index is 13.5. The molecule has 0 bridgehead atoms. The molecule has 30 nitrogen and oxygen atoms in total. The van der Waals surface area contributed by atoms with E-state index >= 15 is 0 Å². The highest BCUT2D eigenvalue weighted by molar-refractivity contribution is 7.80. The Bertz CT molecular complexity index is 1830. The summed E-state index contributed by atoms with van der Waals surface area (Å²) in [5.41, 5.74) is 20.7. The molecule has 364 valence electrons. The molecule has 0 heterocycles. The minimum Gasteiger partial charge on any atom is -0.481 e. The standard InChI is InChI=1S/C34H53N11O19S/c1-12(46)26(33(62)44-19(11-65)32(61)40-14(3-6-23(50)51)28(57)41-16(34(63)64)2-5-20(36)47)45-29(58)15(4-7-24(52)53)39-31(60)18(10-25(54)55)43-30(59)17(9-22(38)49)42-27(56)13(35)8-21(37)48/h12-19,26,46,65H,2-11,35H2,1H3,(H2,36,47)(H2,37,48)(H2,38,49)(H,39,60)(H,40,61)(H,41,57)(H,42,56)(H,43,59)(H,44,62)(H,45,58)(H,50,51)(H,52,53)(H,54,55)(H,63,64). The molecule has 65 heavy (non-hydrogen) atoms. The molecule has 0 aromatic rings. The van der Waals surface area contributed by atoms with E-state index in [0.717, 1.165) is 6.92 Å². The number of amides is 10. The minimum atomic E-state index is -2.14. The number of nitrogens with two attached hydrogens (primary N) is 4. The summed E-state index contributed by atoms with van der Waals surface area (Å²) in [6.07, 6.45) is -8.68. The average molecular weight is 952 g/mol. The van der Waals surface area contributed by atoms with Crippen LogP contribution >= 0.6 is 12.6 Å². The van der Waals surface area contributed by atoms with Crippen molar-refractivity contribution < 1.29 is 92.7 Å². The van der Waals surface area contributed by atoms with Crippen molar-refractivity contribution in [3.8, 4) is 0 Å². The summed E-state index contributed by atoms with van der Waals surface area (Å²) in [6.45, 7) is 0.967. The van der Waals surface area contributed by atoms with E-state index in [1.807, 2.05) is 26.6 Å². The molecular weight excluding hydrogens is 898 g/mol. The van der Waals surface area contributed by atoms with Crippen LogP contribution in [-0.4, -0.2) is 169 Å². The summed E-state index contributed by atoms with van der Waals surface area (Å²) >= 11 is 3.97. The number of thiol groups is 1. The second-order valence-corrected chi connectivity index (χ2v) is 14.4. The van der Waals surface area contributed by atoms with Gasteiger partial charge >= 0.3 is 23.9 Å². The molecular formula is C34H53N11O19S. The summed E-state index contributed by atoms with van der Waals surface area (Å²) in [7, 11) is 0. The van der Waals surface area contributed by atoms with Gasteiger partial charge in [0, 0.05) is 25.0 Å². The normalized spacial score (nSPS) is 14.9. The smallest absolute Gasteiger partial charge is 0.326 e. The molecule has 0 rings (SSSR count). The van der Waals surface area contributed by atoms with Crippen molar-refractivity contribution in [1.29, 1.82) is 0 Å². The molecule has 10 amide bonds. The highest BCUT2D eigenvalue weighted by atomic mass is 32.1. The van der Waals surface area contributed by atoms with Gasteiger partial charge in [0.2, 0.25) is 59.1 Å². The van der Waals surface area contributed by atoms with Crippen molar-refractivity contribution in [1.82, 2.24) is 37.2 Å². The number of nitrogens with one attached hydrogen (secondary N) is 7. The number of carboxylic acids is 4. The quantitative estimate of drug-likeness (QED) is 0.0278. The molecule has 0 aromatic carbocycles. The second kappa shape index (κ2) is 28.5. The summed E-state index contributed by atoms with van der Waals surface area (Å²) < 4.78 is 0. The lowest BCUT2D eigenvalue weighted by Crippen LogP contribution is -2.62. The van der Waals surface area contributed by atoms with Crippen LogP contribution in [0.4, 0.5) is 0 Å². The SMILES string of the molecule is CC(O)C(NC(=O)C(CCC(=O)O)NC(=O)C(CC(=O)O)NC(=O)C(CC(N)=O)NC(=O)C(N)CC(N)=O)C(=O)NC(CS)C(=O)NC(CCC(=O)O)C(=O)NC(CCC(N)=O)C(=O)O. The van der Waals surface area contributed by atoms with Crippen molar-refractivity contribution >= 4 is 95.6 Å². The Hall–Kier alpha value is -7.15. The van der Waals surface area contributed by atoms with Crippen LogP contribution in [0, 0.1) is 0 Å². The summed E-state index contributed by atoms with van der Waals surface area (Å²) in [5, 5.41) is 62.1. The van der Waals surface area contributed by atoms with Gasteiger partial charge < -0.3 is 85.7 Å². The second-order valence-electron chi connectivity index (χ2n) is 14.0. The summed E-state index contributed by atoms with van der Waals surface area (Å²) in [6, 6.07) is -14.9. The van der Waals surface area contributed by atoms with Crippen LogP contribution in [0.3, 0.4) is 0 Å². The van der Waals surface area contributed by atoms with E-state index in [2.05, 4.69) is 23.3 Å². The maximum absolute atomic E-state index is 13.5. The Morgan fingerprint density at radius 2 is 0.815 bits per heavy atom. The van der Waals surface area contributed by atoms with Crippen LogP contribution in [0.15, 0.2) is 0 Å². The predicted octanol–water partition coefficient (Wildman–Crippen LogP) is -8.68. The zero-order valence-electron chi connectivity index (χ0n) is 34.5. The first-order chi connectivity index (χ1) is 30.1. The van der Waals surface area contributed by atoms with Crippen molar-refractivity contribution in [2.75, 3.05) is 5.75 Å². The molecule has 0 spiro atoms. The number of hydrogen-bond donors (Lipinski definition) is 17. The van der Waals surface area contributed by atoms with Gasteiger partial charge in [-0.15, -0.1) is 0 Å². The van der Waals surface area contributed by atoms with Crippen LogP contribution in [0.5, 0.6) is 0 Å². The van der Waals surface area contributed by atoms with Crippen LogP contribution < -0.4 is 60.2 Å². The van der Waals surface area contributed by atoms with Crippen LogP contribution in [0.25, 0.3) is 0 Å². The molecule has 0 aliphatic carbocycles. The third-order valence-corrected chi connectivity index (χ3v) is 8.90. The van der Waals surface area contributed by atoms with E-state index in [9.17, 15) is 87.5 Å². The Balaban J connectivity index is 6.40. The van der Waals surface area contributed by atoms with Gasteiger partial charge in [0.05, 0.1) is 31.4 Å². The van der Waals surface area contributed by atoms with E-state index in [1.165, 1.54) is 0 Å². The van der Waals surface area contributed by atoms with Gasteiger partial charge in [-0.3, -0.25) is 62.3 Å². The van der Waals surface area contributed by atoms with Crippen LogP contribution in [-0.2, 0) is 67.1 Å². The first-order valence-corrected chi connectivity index (χ1v) is 19.6. The van der Waals surface area contributed by atoms with Crippen LogP contribution in [0.2, 0.25) is 0 Å². The number of aliphatic hydroxyl groups is 1. The Morgan fingerprint density at radius 1 is 0.446 bits per heavy atom. The predicted molar refractivity (Wildman–Crippen MR) is 217 cm³/mol. The monoisotopic (exact) mass is 951 g/mol. The zero-order chi connectivity index (χ0) is 50.3. The van der Waals surface area contributed by atoms with Gasteiger partial charge in [0.25, 0.3) is 0 Å². The van der Waals surface area contributed by atoms with Crippen molar-refractivity contribution in [2.45, 2.75) is 119 Å². The molecule has 0 saturated carbocycles. The molecule has 0 saturated heterocycles. The Morgan fingerprint density at radius 3 is 1.22 bits per heavy atom. The summed E-state index contributed by atoms with van der Waals surface area (Å²) in [5.74, 6) is -19.2. The number of carbonyl (C=O) groups is 14. The number of carboxylic acid groups (broad SMARTS) is 4. The molecule has 20 N–H and O–H groups in total. The van der Waals surface area contributed by atoms with Gasteiger partial charge in [-0.25, -0.2) is 4.79 Å². The number of primary amides is 3. The van der Waals surface area contributed by atoms with Gasteiger partial charge in [0.15, 0.2) is 0 Å². The molecule has 0 aliphatic rings. The van der Waals surface area contributed by atoms with Gasteiger partial charge in [0.1, 0.15) is 42.3 Å². The topological polar surface area (TPSA) is 528 Å². The molecule has 0 aromatic heterocycles. The first kappa shape index (κ1) is 57.8. The van der Waals surface area contributed by atoms with Crippen molar-refractivity contribution in [3.63, 3.8) is 0 Å². The van der Waals surface area contributed by atoms with E-state index in [1.54, 1.807) is 0 Å².